The van der Waals surface area contributed by atoms with Gasteiger partial charge in [-0.1, -0.05) is 0 Å². The summed E-state index contributed by atoms with van der Waals surface area (Å²) >= 11 is 0. The Morgan fingerprint density at radius 3 is 2.30 bits per heavy atom. The fourth-order valence-electron chi connectivity index (χ4n) is 2.14. The van der Waals surface area contributed by atoms with Gasteiger partial charge in [-0.25, -0.2) is 8.78 Å². The third kappa shape index (κ3) is 4.35. The molecule has 0 spiro atoms. The Kier molecular flexibility index (Phi) is 5.05. The van der Waals surface area contributed by atoms with Gasteiger partial charge in [-0.15, -0.1) is 0 Å². The van der Waals surface area contributed by atoms with E-state index >= 15 is 0 Å². The van der Waals surface area contributed by atoms with Crippen LogP contribution >= 0.6 is 0 Å². The summed E-state index contributed by atoms with van der Waals surface area (Å²) in [7, 11) is 1.45. The number of benzene rings is 2. The van der Waals surface area contributed by atoms with E-state index in [4.69, 9.17) is 4.74 Å². The minimum Gasteiger partial charge on any atom is -0.496 e. The molecule has 4 nitrogen and oxygen atoms in total. The normalized spacial score (nSPS) is 10.3. The lowest BCUT2D eigenvalue weighted by atomic mass is 10.0. The number of ether oxygens (including phenoxy) is 1. The second-order valence-electron chi connectivity index (χ2n) is 4.97. The topological polar surface area (TPSA) is 55.4 Å². The summed E-state index contributed by atoms with van der Waals surface area (Å²) in [5.74, 6) is -1.72. The van der Waals surface area contributed by atoms with Gasteiger partial charge in [0.25, 0.3) is 0 Å². The molecule has 0 saturated carbocycles. The van der Waals surface area contributed by atoms with Gasteiger partial charge >= 0.3 is 0 Å². The van der Waals surface area contributed by atoms with Crippen molar-refractivity contribution >= 4 is 17.4 Å². The van der Waals surface area contributed by atoms with Crippen molar-refractivity contribution in [3.8, 4) is 5.75 Å². The van der Waals surface area contributed by atoms with E-state index in [9.17, 15) is 18.4 Å². The molecule has 0 bridgehead atoms. The van der Waals surface area contributed by atoms with E-state index in [2.05, 4.69) is 5.32 Å². The number of Topliss-reactive ketones (excluding diaryl/α,β-unsaturated/α-hetero) is 1. The molecule has 0 aliphatic carbocycles. The van der Waals surface area contributed by atoms with Crippen molar-refractivity contribution in [2.75, 3.05) is 12.4 Å². The van der Waals surface area contributed by atoms with Crippen LogP contribution in [0.15, 0.2) is 36.4 Å². The lowest BCUT2D eigenvalue weighted by Gasteiger charge is -2.10. The first-order valence-corrected chi connectivity index (χ1v) is 6.83. The molecule has 2 rings (SSSR count). The number of carbonyl (C=O) groups excluding carboxylic acids is 2. The predicted octanol–water partition coefficient (Wildman–Crippen LogP) is 3.36. The van der Waals surface area contributed by atoms with Gasteiger partial charge in [0.1, 0.15) is 17.4 Å². The quantitative estimate of drug-likeness (QED) is 0.860. The third-order valence-corrected chi connectivity index (χ3v) is 3.18. The zero-order valence-electron chi connectivity index (χ0n) is 12.7. The molecule has 0 saturated heterocycles. The van der Waals surface area contributed by atoms with Crippen LogP contribution < -0.4 is 10.1 Å². The minimum absolute atomic E-state index is 0.0224. The Labute approximate surface area is 132 Å². The van der Waals surface area contributed by atoms with Gasteiger partial charge in [-0.3, -0.25) is 9.59 Å². The van der Waals surface area contributed by atoms with E-state index in [-0.39, 0.29) is 17.9 Å². The largest absolute Gasteiger partial charge is 0.496 e. The molecule has 2 aromatic rings. The molecule has 6 heteroatoms. The number of nitrogens with one attached hydrogen (secondary N) is 1. The molecule has 1 N–H and O–H groups in total. The zero-order chi connectivity index (χ0) is 17.0. The number of carbonyl (C=O) groups is 2. The van der Waals surface area contributed by atoms with Crippen molar-refractivity contribution in [3.05, 3.63) is 59.2 Å². The van der Waals surface area contributed by atoms with Crippen molar-refractivity contribution in [2.24, 2.45) is 0 Å². The Hall–Kier alpha value is -2.76. The van der Waals surface area contributed by atoms with E-state index in [0.29, 0.717) is 16.9 Å². The van der Waals surface area contributed by atoms with Gasteiger partial charge in [0.15, 0.2) is 5.78 Å². The molecule has 0 heterocycles. The number of hydrogen-bond acceptors (Lipinski definition) is 3. The fourth-order valence-corrected chi connectivity index (χ4v) is 2.14. The fraction of sp³-hybridized carbons (Fsp3) is 0.176. The molecule has 0 radical (unpaired) electrons. The lowest BCUT2D eigenvalue weighted by Crippen LogP contribution is -2.15. The SMILES string of the molecule is COc1ccc(C(C)=O)cc1CC(=O)Nc1cc(F)cc(F)c1. The van der Waals surface area contributed by atoms with E-state index in [0.717, 1.165) is 18.2 Å². The Balaban J connectivity index is 2.19. The summed E-state index contributed by atoms with van der Waals surface area (Å²) in [6, 6.07) is 7.52. The number of hydrogen-bond donors (Lipinski definition) is 1. The Morgan fingerprint density at radius 1 is 1.09 bits per heavy atom. The highest BCUT2D eigenvalue weighted by Crippen LogP contribution is 2.22. The second-order valence-corrected chi connectivity index (χ2v) is 4.97. The van der Waals surface area contributed by atoms with E-state index < -0.39 is 17.5 Å². The molecule has 0 unspecified atom stereocenters. The molecule has 120 valence electrons. The van der Waals surface area contributed by atoms with Crippen LogP contribution in [0.2, 0.25) is 0 Å². The number of ketones is 1. The van der Waals surface area contributed by atoms with Crippen LogP contribution in [-0.2, 0) is 11.2 Å². The van der Waals surface area contributed by atoms with Crippen LogP contribution in [0.3, 0.4) is 0 Å². The second kappa shape index (κ2) is 7.00. The molecule has 0 fully saturated rings. The Morgan fingerprint density at radius 2 is 1.74 bits per heavy atom. The van der Waals surface area contributed by atoms with Crippen molar-refractivity contribution in [2.45, 2.75) is 13.3 Å². The molecule has 0 atom stereocenters. The lowest BCUT2D eigenvalue weighted by molar-refractivity contribution is -0.115. The average molecular weight is 319 g/mol. The first-order valence-electron chi connectivity index (χ1n) is 6.83. The highest BCUT2D eigenvalue weighted by molar-refractivity contribution is 5.96. The summed E-state index contributed by atoms with van der Waals surface area (Å²) < 4.78 is 31.4. The van der Waals surface area contributed by atoms with Crippen molar-refractivity contribution in [1.82, 2.24) is 0 Å². The maximum absolute atomic E-state index is 13.1. The van der Waals surface area contributed by atoms with Gasteiger partial charge in [0.05, 0.1) is 13.5 Å². The highest BCUT2D eigenvalue weighted by atomic mass is 19.1. The molecule has 23 heavy (non-hydrogen) atoms. The van der Waals surface area contributed by atoms with Crippen LogP contribution in [0, 0.1) is 11.6 Å². The van der Waals surface area contributed by atoms with Crippen LogP contribution in [0.1, 0.15) is 22.8 Å². The van der Waals surface area contributed by atoms with E-state index in [1.165, 1.54) is 14.0 Å². The molecule has 2 aromatic carbocycles. The average Bonchev–Trinajstić information content (AvgIpc) is 2.45. The van der Waals surface area contributed by atoms with Crippen LogP contribution in [0.4, 0.5) is 14.5 Å². The smallest absolute Gasteiger partial charge is 0.228 e. The summed E-state index contributed by atoms with van der Waals surface area (Å²) in [6.07, 6.45) is -0.0948. The monoisotopic (exact) mass is 319 g/mol. The van der Waals surface area contributed by atoms with Gasteiger partial charge in [0, 0.05) is 22.9 Å². The summed E-state index contributed by atoms with van der Waals surface area (Å²) in [6.45, 7) is 1.42. The molecular weight excluding hydrogens is 304 g/mol. The Bertz CT molecular complexity index is 739. The van der Waals surface area contributed by atoms with Crippen LogP contribution in [0.25, 0.3) is 0 Å². The van der Waals surface area contributed by atoms with Gasteiger partial charge in [-0.05, 0) is 37.3 Å². The number of amides is 1. The highest BCUT2D eigenvalue weighted by Gasteiger charge is 2.12. The summed E-state index contributed by atoms with van der Waals surface area (Å²) in [4.78, 5) is 23.5. The first kappa shape index (κ1) is 16.6. The third-order valence-electron chi connectivity index (χ3n) is 3.18. The minimum atomic E-state index is -0.781. The van der Waals surface area contributed by atoms with E-state index in [1.54, 1.807) is 18.2 Å². The number of anilines is 1. The van der Waals surface area contributed by atoms with Crippen LogP contribution in [0.5, 0.6) is 5.75 Å². The van der Waals surface area contributed by atoms with Crippen LogP contribution in [-0.4, -0.2) is 18.8 Å². The summed E-state index contributed by atoms with van der Waals surface area (Å²) in [5.41, 5.74) is 0.981. The first-order chi connectivity index (χ1) is 10.9. The molecular formula is C17H15F2NO3. The number of rotatable bonds is 5. The van der Waals surface area contributed by atoms with Crippen molar-refractivity contribution < 1.29 is 23.1 Å². The van der Waals surface area contributed by atoms with E-state index in [1.807, 2.05) is 0 Å². The molecule has 0 aromatic heterocycles. The van der Waals surface area contributed by atoms with Gasteiger partial charge < -0.3 is 10.1 Å². The number of halogens is 2. The van der Waals surface area contributed by atoms with Gasteiger partial charge in [0.2, 0.25) is 5.91 Å². The maximum Gasteiger partial charge on any atom is 0.228 e. The van der Waals surface area contributed by atoms with Gasteiger partial charge in [-0.2, -0.15) is 0 Å². The maximum atomic E-state index is 13.1. The molecule has 0 aliphatic rings. The predicted molar refractivity (Wildman–Crippen MR) is 81.7 cm³/mol. The van der Waals surface area contributed by atoms with Crippen molar-refractivity contribution in [3.63, 3.8) is 0 Å². The zero-order valence-corrected chi connectivity index (χ0v) is 12.7. The molecule has 0 aliphatic heterocycles. The standard InChI is InChI=1S/C17H15F2NO3/c1-10(21)11-3-4-16(23-2)12(5-11)6-17(22)20-15-8-13(18)7-14(19)9-15/h3-5,7-9H,6H2,1-2H3,(H,20,22). The molecule has 1 amide bonds. The summed E-state index contributed by atoms with van der Waals surface area (Å²) in [5, 5.41) is 2.41. The number of methoxy groups -OCH3 is 1. The van der Waals surface area contributed by atoms with Crippen molar-refractivity contribution in [1.29, 1.82) is 0 Å².